The van der Waals surface area contributed by atoms with E-state index in [4.69, 9.17) is 14.2 Å². The first-order valence-corrected chi connectivity index (χ1v) is 11.2. The summed E-state index contributed by atoms with van der Waals surface area (Å²) < 4.78 is 57.6. The number of alkyl halides is 3. The van der Waals surface area contributed by atoms with Crippen LogP contribution in [0.2, 0.25) is 0 Å². The van der Waals surface area contributed by atoms with Gasteiger partial charge in [-0.25, -0.2) is 0 Å². The number of morpholine rings is 1. The minimum atomic E-state index is -4.62. The van der Waals surface area contributed by atoms with Crippen LogP contribution in [0.5, 0.6) is 11.5 Å². The third-order valence-electron chi connectivity index (χ3n) is 5.10. The molecule has 3 rings (SSSR count). The first-order valence-electron chi connectivity index (χ1n) is 11.2. The fraction of sp³-hybridized carbons (Fsp3) is 0.400. The van der Waals surface area contributed by atoms with Crippen molar-refractivity contribution in [2.45, 2.75) is 26.4 Å². The van der Waals surface area contributed by atoms with Crippen molar-refractivity contribution in [2.24, 2.45) is 0 Å². The van der Waals surface area contributed by atoms with E-state index in [9.17, 15) is 18.0 Å². The molecule has 184 valence electrons. The predicted molar refractivity (Wildman–Crippen MR) is 126 cm³/mol. The van der Waals surface area contributed by atoms with Crippen molar-refractivity contribution in [3.8, 4) is 11.5 Å². The molecule has 1 saturated heterocycles. The number of nitrogens with one attached hydrogen (secondary N) is 1. The lowest BCUT2D eigenvalue weighted by molar-refractivity contribution is -0.136. The van der Waals surface area contributed by atoms with E-state index in [1.807, 2.05) is 18.7 Å². The Kier molecular flexibility index (Phi) is 8.81. The molecule has 1 amide bonds. The molecule has 0 atom stereocenters. The Hall–Kier alpha value is -3.20. The highest BCUT2D eigenvalue weighted by atomic mass is 19.4. The summed E-state index contributed by atoms with van der Waals surface area (Å²) in [6.07, 6.45) is -1.07. The van der Waals surface area contributed by atoms with E-state index >= 15 is 0 Å². The van der Waals surface area contributed by atoms with Crippen LogP contribution >= 0.6 is 0 Å². The molecule has 34 heavy (non-hydrogen) atoms. The van der Waals surface area contributed by atoms with E-state index in [1.165, 1.54) is 18.2 Å². The number of halogens is 3. The lowest BCUT2D eigenvalue weighted by Crippen LogP contribution is -2.36. The highest BCUT2D eigenvalue weighted by Crippen LogP contribution is 2.37. The van der Waals surface area contributed by atoms with Crippen molar-refractivity contribution in [3.05, 3.63) is 53.6 Å². The number of anilines is 2. The van der Waals surface area contributed by atoms with Gasteiger partial charge >= 0.3 is 6.18 Å². The van der Waals surface area contributed by atoms with E-state index in [2.05, 4.69) is 5.32 Å². The van der Waals surface area contributed by atoms with Gasteiger partial charge in [0.2, 0.25) is 5.91 Å². The second kappa shape index (κ2) is 11.8. The van der Waals surface area contributed by atoms with Gasteiger partial charge in [0.05, 0.1) is 37.7 Å². The highest BCUT2D eigenvalue weighted by Gasteiger charge is 2.34. The summed E-state index contributed by atoms with van der Waals surface area (Å²) in [6.45, 7) is 6.77. The Bertz CT molecular complexity index is 1000. The summed E-state index contributed by atoms with van der Waals surface area (Å²) in [4.78, 5) is 14.2. The largest absolute Gasteiger partial charge is 0.490 e. The molecule has 0 bridgehead atoms. The molecular formula is C25H29F3N2O4. The predicted octanol–water partition coefficient (Wildman–Crippen LogP) is 5.38. The standard InChI is InChI=1S/C25H29F3N2O4/c1-3-13-34-22-9-5-18(16-23(22)33-4-2)6-10-24(31)29-21-8-7-19(17-20(21)25(26,27)28)30-11-14-32-15-12-30/h5-10,16-17H,3-4,11-15H2,1-2H3,(H,29,31)/b10-6+. The Balaban J connectivity index is 1.75. The van der Waals surface area contributed by atoms with Crippen LogP contribution in [0.1, 0.15) is 31.4 Å². The van der Waals surface area contributed by atoms with Gasteiger partial charge in [-0.3, -0.25) is 4.79 Å². The molecule has 0 spiro atoms. The van der Waals surface area contributed by atoms with E-state index in [-0.39, 0.29) is 5.69 Å². The van der Waals surface area contributed by atoms with Crippen LogP contribution < -0.4 is 19.7 Å². The molecule has 0 saturated carbocycles. The van der Waals surface area contributed by atoms with Crippen LogP contribution in [-0.2, 0) is 15.7 Å². The number of ether oxygens (including phenoxy) is 3. The Labute approximate surface area is 197 Å². The third-order valence-corrected chi connectivity index (χ3v) is 5.10. The monoisotopic (exact) mass is 478 g/mol. The highest BCUT2D eigenvalue weighted by molar-refractivity contribution is 6.02. The fourth-order valence-electron chi connectivity index (χ4n) is 3.47. The minimum absolute atomic E-state index is 0.294. The molecule has 1 fully saturated rings. The molecule has 0 aromatic heterocycles. The Morgan fingerprint density at radius 2 is 1.85 bits per heavy atom. The first-order chi connectivity index (χ1) is 16.3. The number of benzene rings is 2. The number of hydrogen-bond acceptors (Lipinski definition) is 5. The van der Waals surface area contributed by atoms with Crippen molar-refractivity contribution >= 4 is 23.4 Å². The van der Waals surface area contributed by atoms with Gasteiger partial charge < -0.3 is 24.4 Å². The van der Waals surface area contributed by atoms with E-state index in [0.29, 0.717) is 62.3 Å². The maximum atomic E-state index is 13.7. The maximum Gasteiger partial charge on any atom is 0.418 e. The van der Waals surface area contributed by atoms with Gasteiger partial charge in [-0.2, -0.15) is 13.2 Å². The van der Waals surface area contributed by atoms with E-state index in [0.717, 1.165) is 12.5 Å². The molecule has 0 unspecified atom stereocenters. The average molecular weight is 479 g/mol. The van der Waals surface area contributed by atoms with Crippen LogP contribution in [0.3, 0.4) is 0 Å². The number of carbonyl (C=O) groups excluding carboxylic acids is 1. The van der Waals surface area contributed by atoms with Gasteiger partial charge in [-0.1, -0.05) is 13.0 Å². The molecule has 0 radical (unpaired) electrons. The lowest BCUT2D eigenvalue weighted by Gasteiger charge is -2.29. The number of carbonyl (C=O) groups is 1. The number of amides is 1. The SMILES string of the molecule is CCCOc1ccc(/C=C/C(=O)Nc2ccc(N3CCOCC3)cc2C(F)(F)F)cc1OCC. The van der Waals surface area contributed by atoms with Crippen molar-refractivity contribution in [3.63, 3.8) is 0 Å². The summed E-state index contributed by atoms with van der Waals surface area (Å²) in [5, 5.41) is 2.35. The van der Waals surface area contributed by atoms with Crippen LogP contribution in [0.25, 0.3) is 6.08 Å². The normalized spacial score (nSPS) is 14.3. The second-order valence-corrected chi connectivity index (χ2v) is 7.64. The summed E-state index contributed by atoms with van der Waals surface area (Å²) in [5.41, 5.74) is -0.0917. The van der Waals surface area contributed by atoms with Crippen LogP contribution in [0.15, 0.2) is 42.5 Å². The lowest BCUT2D eigenvalue weighted by atomic mass is 10.1. The summed E-state index contributed by atoms with van der Waals surface area (Å²) in [5.74, 6) is 0.464. The quantitative estimate of drug-likeness (QED) is 0.491. The molecule has 2 aromatic rings. The van der Waals surface area contributed by atoms with E-state index in [1.54, 1.807) is 24.3 Å². The van der Waals surface area contributed by atoms with Crippen molar-refractivity contribution in [1.82, 2.24) is 0 Å². The molecule has 1 aliphatic rings. The van der Waals surface area contributed by atoms with Gasteiger partial charge in [-0.15, -0.1) is 0 Å². The van der Waals surface area contributed by atoms with E-state index < -0.39 is 17.6 Å². The van der Waals surface area contributed by atoms with Crippen LogP contribution in [0, 0.1) is 0 Å². The van der Waals surface area contributed by atoms with Gasteiger partial charge in [-0.05, 0) is 55.3 Å². The zero-order valence-corrected chi connectivity index (χ0v) is 19.3. The summed E-state index contributed by atoms with van der Waals surface area (Å²) >= 11 is 0. The third kappa shape index (κ3) is 6.90. The van der Waals surface area contributed by atoms with Crippen molar-refractivity contribution < 1.29 is 32.2 Å². The van der Waals surface area contributed by atoms with Gasteiger partial charge in [0, 0.05) is 24.9 Å². The summed E-state index contributed by atoms with van der Waals surface area (Å²) in [7, 11) is 0. The molecule has 1 N–H and O–H groups in total. The fourth-order valence-corrected chi connectivity index (χ4v) is 3.47. The second-order valence-electron chi connectivity index (χ2n) is 7.64. The van der Waals surface area contributed by atoms with Crippen LogP contribution in [0.4, 0.5) is 24.5 Å². The van der Waals surface area contributed by atoms with Gasteiger partial charge in [0.25, 0.3) is 0 Å². The molecule has 2 aromatic carbocycles. The van der Waals surface area contributed by atoms with Gasteiger partial charge in [0.1, 0.15) is 0 Å². The van der Waals surface area contributed by atoms with Crippen LogP contribution in [-0.4, -0.2) is 45.4 Å². The number of nitrogens with zero attached hydrogens (tertiary/aromatic N) is 1. The first kappa shape index (κ1) is 25.4. The van der Waals surface area contributed by atoms with Gasteiger partial charge in [0.15, 0.2) is 11.5 Å². The smallest absolute Gasteiger partial charge is 0.418 e. The van der Waals surface area contributed by atoms with Crippen molar-refractivity contribution in [1.29, 1.82) is 0 Å². The maximum absolute atomic E-state index is 13.7. The summed E-state index contributed by atoms with van der Waals surface area (Å²) in [6, 6.07) is 9.13. The zero-order chi connectivity index (χ0) is 24.6. The molecule has 6 nitrogen and oxygen atoms in total. The average Bonchev–Trinajstić information content (AvgIpc) is 2.82. The zero-order valence-electron chi connectivity index (χ0n) is 19.3. The van der Waals surface area contributed by atoms with Crippen molar-refractivity contribution in [2.75, 3.05) is 49.7 Å². The Morgan fingerprint density at radius 1 is 1.09 bits per heavy atom. The number of hydrogen-bond donors (Lipinski definition) is 1. The number of rotatable bonds is 9. The Morgan fingerprint density at radius 3 is 2.53 bits per heavy atom. The molecule has 1 aliphatic heterocycles. The minimum Gasteiger partial charge on any atom is -0.490 e. The molecule has 9 heteroatoms. The molecule has 0 aliphatic carbocycles. The molecule has 1 heterocycles. The topological polar surface area (TPSA) is 60.0 Å². The molecular weight excluding hydrogens is 449 g/mol.